The molecule has 1 aromatic rings. The highest BCUT2D eigenvalue weighted by molar-refractivity contribution is 6.55. The van der Waals surface area contributed by atoms with Crippen molar-refractivity contribution in [3.8, 4) is 0 Å². The van der Waals surface area contributed by atoms with Crippen molar-refractivity contribution in [2.75, 3.05) is 0 Å². The van der Waals surface area contributed by atoms with Gasteiger partial charge in [-0.3, -0.25) is 0 Å². The molecule has 8 fully saturated rings. The van der Waals surface area contributed by atoms with Crippen LogP contribution in [0, 0.1) is 67.0 Å². The Labute approximate surface area is 596 Å². The minimum atomic E-state index is -0.0489. The lowest BCUT2D eigenvalue weighted by atomic mass is 9.35. The molecule has 2 heteroatoms. The average Bonchev–Trinajstić information content (AvgIpc) is 1.65. The quantitative estimate of drug-likeness (QED) is 0.0349. The summed E-state index contributed by atoms with van der Waals surface area (Å²) in [6.45, 7) is 33.3. The lowest BCUT2D eigenvalue weighted by Crippen LogP contribution is -2.62. The Morgan fingerprint density at radius 3 is 1.91 bits per heavy atom. The molecule has 0 heterocycles. The molecule has 2 unspecified atom stereocenters. The summed E-state index contributed by atoms with van der Waals surface area (Å²) in [6, 6.07) is 11.0. The first kappa shape index (κ1) is 76.1. The summed E-state index contributed by atoms with van der Waals surface area (Å²) < 4.78 is 0.416. The summed E-state index contributed by atoms with van der Waals surface area (Å²) in [5.41, 5.74) is 15.4. The van der Waals surface area contributed by atoms with E-state index in [1.807, 2.05) is 0 Å². The second-order valence-electron chi connectivity index (χ2n) is 34.9. The smallest absolute Gasteiger partial charge is 0.103 e. The first-order chi connectivity index (χ1) is 45.9. The molecule has 0 N–H and O–H groups in total. The number of hydrogen-bond donors (Lipinski definition) is 0. The zero-order valence-corrected chi connectivity index (χ0v) is 64.3. The molecule has 9 rings (SSSR count). The normalized spacial score (nSPS) is 26.2. The molecule has 1 aromatic carbocycles. The van der Waals surface area contributed by atoms with Gasteiger partial charge in [-0.2, -0.15) is 0 Å². The summed E-state index contributed by atoms with van der Waals surface area (Å²) in [4.78, 5) is 0. The topological polar surface area (TPSA) is 0 Å². The van der Waals surface area contributed by atoms with Crippen LogP contribution in [0.25, 0.3) is 6.08 Å². The van der Waals surface area contributed by atoms with Crippen LogP contribution in [0.2, 0.25) is 0 Å². The van der Waals surface area contributed by atoms with Gasteiger partial charge in [0.1, 0.15) is 4.49 Å². The summed E-state index contributed by atoms with van der Waals surface area (Å²) in [5.74, 6) is 2.26. The highest BCUT2D eigenvalue weighted by atomic mass is 35.5. The van der Waals surface area contributed by atoms with E-state index in [0.717, 1.165) is 102 Å². The SMILES string of the molecule is C=CCCCC(CCC(=C(C)C[C@]1(C2(C3(C4(CC5(CC6(CC7CCCC7)CCC6)CC5)CCCCC4)CCCC3)CCC2)C[C@]1(C)C1CCCCC1)C(C=C(Cl)Cl)CC=Cc1ccccc1)C(=C(/CC=CC)CC(=C)C)/C(CCC=C)=C(\CC=CCC)C(C)(C)CC=CCC. The first-order valence-corrected chi connectivity index (χ1v) is 41.3. The highest BCUT2D eigenvalue weighted by Crippen LogP contribution is 2.90. The van der Waals surface area contributed by atoms with Crippen LogP contribution in [0.1, 0.15) is 350 Å². The van der Waals surface area contributed by atoms with Crippen LogP contribution in [0.15, 0.2) is 154 Å². The van der Waals surface area contributed by atoms with E-state index in [-0.39, 0.29) is 16.7 Å². The Morgan fingerprint density at radius 1 is 0.663 bits per heavy atom. The van der Waals surface area contributed by atoms with Gasteiger partial charge in [-0.05, 0) is 304 Å². The van der Waals surface area contributed by atoms with Gasteiger partial charge in [-0.1, -0.05) is 273 Å². The maximum absolute atomic E-state index is 7.20. The van der Waals surface area contributed by atoms with Crippen molar-refractivity contribution in [1.29, 1.82) is 0 Å². The van der Waals surface area contributed by atoms with Crippen LogP contribution in [0.4, 0.5) is 0 Å². The molecule has 4 atom stereocenters. The van der Waals surface area contributed by atoms with Crippen molar-refractivity contribution in [1.82, 2.24) is 0 Å². The zero-order chi connectivity index (χ0) is 67.6. The van der Waals surface area contributed by atoms with E-state index >= 15 is 0 Å². The van der Waals surface area contributed by atoms with Gasteiger partial charge in [0, 0.05) is 5.92 Å². The molecular weight excluding hydrogens is 1190 g/mol. The van der Waals surface area contributed by atoms with Crippen molar-refractivity contribution < 1.29 is 0 Å². The summed E-state index contributed by atoms with van der Waals surface area (Å²) in [6.07, 6.45) is 86.3. The molecule has 0 amide bonds. The maximum atomic E-state index is 7.20. The average molecular weight is 1330 g/mol. The fourth-order valence-corrected chi connectivity index (χ4v) is 24.0. The third kappa shape index (κ3) is 17.8. The summed E-state index contributed by atoms with van der Waals surface area (Å²) in [5, 5.41) is 0. The van der Waals surface area contributed by atoms with E-state index in [1.54, 1.807) is 52.7 Å². The zero-order valence-electron chi connectivity index (χ0n) is 62.7. The van der Waals surface area contributed by atoms with E-state index in [9.17, 15) is 0 Å². The molecule has 8 saturated carbocycles. The number of benzene rings is 1. The predicted molar refractivity (Wildman–Crippen MR) is 420 cm³/mol. The number of unbranched alkanes of at least 4 members (excludes halogenated alkanes) is 1. The molecule has 0 nitrogen and oxygen atoms in total. The molecule has 0 spiro atoms. The van der Waals surface area contributed by atoms with E-state index in [1.165, 1.54) is 191 Å². The van der Waals surface area contributed by atoms with E-state index in [0.29, 0.717) is 42.9 Å². The van der Waals surface area contributed by atoms with E-state index in [4.69, 9.17) is 29.8 Å². The Balaban J connectivity index is 1.23. The Morgan fingerprint density at radius 2 is 1.31 bits per heavy atom. The van der Waals surface area contributed by atoms with Gasteiger partial charge in [-0.15, -0.1) is 13.2 Å². The molecule has 8 aliphatic rings. The molecule has 0 aromatic heterocycles. The summed E-state index contributed by atoms with van der Waals surface area (Å²) >= 11 is 14.4. The number of hydrogen-bond acceptors (Lipinski definition) is 0. The second-order valence-corrected chi connectivity index (χ2v) is 36.0. The first-order valence-electron chi connectivity index (χ1n) is 40.5. The third-order valence-electron chi connectivity index (χ3n) is 28.4. The van der Waals surface area contributed by atoms with Crippen molar-refractivity contribution in [3.63, 3.8) is 0 Å². The van der Waals surface area contributed by atoms with Crippen LogP contribution < -0.4 is 0 Å². The second kappa shape index (κ2) is 35.0. The molecular formula is C93H140Cl2. The number of halogens is 2. The highest BCUT2D eigenvalue weighted by Gasteiger charge is 2.82. The lowest BCUT2D eigenvalue weighted by Gasteiger charge is -2.69. The van der Waals surface area contributed by atoms with Gasteiger partial charge >= 0.3 is 0 Å². The standard InChI is InChI=1S/C93H140Cl2/c1-12-17-25-47-77(85(79(46-20-15-4)66-73(6)7)82(51-21-16-5)83(52-26-18-13-2)86(9,10)55-33-19-14-3)53-54-81(78(67-84(94)95)48-38-45-75-41-27-22-28-42-75)74(8)68-93(70-87(93,11)80-49-29-23-30-50-80)92(62-40-63-92)91(60-36-37-61-91)90(58-34-24-35-59-90)72-89(64-65-89)71-88(56-39-57-88)69-76-43-31-32-44-76/h12,15-16,18-20,22,26-28,33,38,41-42,45,67,76-78,80H,1,5-6,13-14,17,21,23-25,29-32,34-37,39-40,43-44,46-66,68-72H2,2-4,7-11H3/b20-15?,26-18?,33-19?,45-38?,81-74?,83-82+,85-79+/t77?,78?,87-,93+/m1/s1. The van der Waals surface area contributed by atoms with Crippen molar-refractivity contribution in [2.24, 2.45) is 67.0 Å². The molecule has 0 aliphatic heterocycles. The van der Waals surface area contributed by atoms with Gasteiger partial charge in [0.2, 0.25) is 0 Å². The van der Waals surface area contributed by atoms with Crippen LogP contribution in [0.3, 0.4) is 0 Å². The minimum absolute atomic E-state index is 0.0489. The molecule has 8 aliphatic carbocycles. The predicted octanol–water partition coefficient (Wildman–Crippen LogP) is 30.7. The van der Waals surface area contributed by atoms with Crippen molar-refractivity contribution in [3.05, 3.63) is 160 Å². The fourth-order valence-electron chi connectivity index (χ4n) is 23.7. The van der Waals surface area contributed by atoms with Gasteiger partial charge in [-0.25, -0.2) is 0 Å². The van der Waals surface area contributed by atoms with Crippen LogP contribution >= 0.6 is 23.2 Å². The third-order valence-corrected chi connectivity index (χ3v) is 28.6. The Kier molecular flexibility index (Phi) is 28.1. The van der Waals surface area contributed by atoms with Gasteiger partial charge in [0.25, 0.3) is 0 Å². The fraction of sp³-hybridized carbons (Fsp3) is 0.699. The van der Waals surface area contributed by atoms with E-state index in [2.05, 4.69) is 166 Å². The lowest BCUT2D eigenvalue weighted by molar-refractivity contribution is -0.205. The van der Waals surface area contributed by atoms with Crippen molar-refractivity contribution in [2.45, 2.75) is 344 Å². The van der Waals surface area contributed by atoms with Crippen LogP contribution in [-0.4, -0.2) is 0 Å². The minimum Gasteiger partial charge on any atom is -0.103 e. The Bertz CT molecular complexity index is 2880. The summed E-state index contributed by atoms with van der Waals surface area (Å²) in [7, 11) is 0. The molecule has 0 bridgehead atoms. The maximum Gasteiger partial charge on any atom is 0.103 e. The molecule has 0 radical (unpaired) electrons. The molecule has 0 saturated heterocycles. The van der Waals surface area contributed by atoms with Crippen molar-refractivity contribution >= 4 is 29.3 Å². The van der Waals surface area contributed by atoms with Gasteiger partial charge in [0.05, 0.1) is 0 Å². The van der Waals surface area contributed by atoms with Gasteiger partial charge in [0.15, 0.2) is 0 Å². The number of allylic oxidation sites excluding steroid dienone is 17. The number of rotatable bonds is 40. The monoisotopic (exact) mass is 1330 g/mol. The van der Waals surface area contributed by atoms with Crippen LogP contribution in [0.5, 0.6) is 0 Å². The molecule has 526 valence electrons. The Hall–Kier alpha value is -3.06. The molecule has 95 heavy (non-hydrogen) atoms. The largest absolute Gasteiger partial charge is 0.103 e. The van der Waals surface area contributed by atoms with Gasteiger partial charge < -0.3 is 0 Å². The van der Waals surface area contributed by atoms with Crippen LogP contribution in [-0.2, 0) is 0 Å². The van der Waals surface area contributed by atoms with E-state index < -0.39 is 0 Å².